The highest BCUT2D eigenvalue weighted by Gasteiger charge is 2.32. The number of rotatable bonds is 8. The van der Waals surface area contributed by atoms with Gasteiger partial charge < -0.3 is 25.4 Å². The van der Waals surface area contributed by atoms with Gasteiger partial charge in [-0.3, -0.25) is 19.7 Å². The number of anilines is 2. The Morgan fingerprint density at radius 3 is 2.68 bits per heavy atom. The molecule has 1 atom stereocenters. The number of nitrogens with two attached hydrogens (primary N) is 1. The van der Waals surface area contributed by atoms with E-state index in [9.17, 15) is 23.2 Å². The van der Waals surface area contributed by atoms with Gasteiger partial charge in [-0.2, -0.15) is 8.78 Å². The monoisotopic (exact) mass is 398 g/mol. The van der Waals surface area contributed by atoms with Gasteiger partial charge in [0.2, 0.25) is 5.91 Å². The average Bonchev–Trinajstić information content (AvgIpc) is 3.45. The van der Waals surface area contributed by atoms with E-state index in [2.05, 4.69) is 15.4 Å². The van der Waals surface area contributed by atoms with Crippen LogP contribution in [0, 0.1) is 0 Å². The van der Waals surface area contributed by atoms with Crippen molar-refractivity contribution in [3.05, 3.63) is 18.2 Å². The lowest BCUT2D eigenvalue weighted by atomic mass is 10.2. The van der Waals surface area contributed by atoms with Gasteiger partial charge in [0.15, 0.2) is 11.8 Å². The lowest BCUT2D eigenvalue weighted by Crippen LogP contribution is -2.50. The Hall–Kier alpha value is -2.79. The predicted molar refractivity (Wildman–Crippen MR) is 94.0 cm³/mol. The lowest BCUT2D eigenvalue weighted by molar-refractivity contribution is -0.128. The summed E-state index contributed by atoms with van der Waals surface area (Å²) in [4.78, 5) is 37.3. The maximum atomic E-state index is 12.8. The van der Waals surface area contributed by atoms with Crippen LogP contribution in [0.2, 0.25) is 0 Å². The number of hydrogen-bond donors (Lipinski definition) is 3. The standard InChI is InChI=1S/C17H20F2N4O5/c18-17(19)28-12-7-10(23-5-6-27-8-13(23)24)3-4-11(12)22-16(26)14(15(20)25)21-9-1-2-9/h3-4,7,9,14,17,21H,1-2,5-6,8H2,(H2,20,25)(H,22,26)/t14-/m0/s1. The summed E-state index contributed by atoms with van der Waals surface area (Å²) in [5.41, 5.74) is 5.51. The fraction of sp³-hybridized carbons (Fsp3) is 0.471. The molecule has 9 nitrogen and oxygen atoms in total. The molecule has 0 radical (unpaired) electrons. The molecule has 0 spiro atoms. The Labute approximate surface area is 159 Å². The highest BCUT2D eigenvalue weighted by atomic mass is 19.3. The predicted octanol–water partition coefficient (Wildman–Crippen LogP) is 0.196. The third kappa shape index (κ3) is 4.93. The van der Waals surface area contributed by atoms with Crippen LogP contribution in [0.1, 0.15) is 12.8 Å². The second-order valence-electron chi connectivity index (χ2n) is 6.42. The second-order valence-corrected chi connectivity index (χ2v) is 6.42. The van der Waals surface area contributed by atoms with Crippen LogP contribution in [-0.2, 0) is 19.1 Å². The van der Waals surface area contributed by atoms with Crippen LogP contribution in [0.15, 0.2) is 18.2 Å². The van der Waals surface area contributed by atoms with Crippen LogP contribution in [0.4, 0.5) is 20.2 Å². The lowest BCUT2D eigenvalue weighted by Gasteiger charge is -2.27. The molecular formula is C17H20F2N4O5. The summed E-state index contributed by atoms with van der Waals surface area (Å²) in [6.07, 6.45) is 1.64. The van der Waals surface area contributed by atoms with Gasteiger partial charge in [-0.05, 0) is 25.0 Å². The Morgan fingerprint density at radius 2 is 2.07 bits per heavy atom. The summed E-state index contributed by atoms with van der Waals surface area (Å²) in [6, 6.07) is 2.74. The highest BCUT2D eigenvalue weighted by Crippen LogP contribution is 2.32. The molecule has 0 unspecified atom stereocenters. The Balaban J connectivity index is 1.81. The molecule has 152 valence electrons. The van der Waals surface area contributed by atoms with Gasteiger partial charge in [-0.1, -0.05) is 0 Å². The topological polar surface area (TPSA) is 123 Å². The third-order valence-corrected chi connectivity index (χ3v) is 4.26. The van der Waals surface area contributed by atoms with E-state index < -0.39 is 24.5 Å². The normalized spacial score (nSPS) is 18.1. The zero-order valence-corrected chi connectivity index (χ0v) is 14.8. The van der Waals surface area contributed by atoms with Crippen molar-refractivity contribution in [2.24, 2.45) is 5.73 Å². The number of carbonyl (C=O) groups excluding carboxylic acids is 3. The summed E-state index contributed by atoms with van der Waals surface area (Å²) in [6.45, 7) is -2.70. The van der Waals surface area contributed by atoms with Crippen LogP contribution in [-0.4, -0.2) is 56.2 Å². The number of halogens is 2. The maximum absolute atomic E-state index is 12.8. The van der Waals surface area contributed by atoms with E-state index >= 15 is 0 Å². The number of nitrogens with one attached hydrogen (secondary N) is 2. The molecule has 11 heteroatoms. The molecule has 2 fully saturated rings. The molecule has 1 aliphatic heterocycles. The minimum Gasteiger partial charge on any atom is -0.433 e. The van der Waals surface area contributed by atoms with Crippen LogP contribution in [0.5, 0.6) is 5.75 Å². The van der Waals surface area contributed by atoms with Crippen molar-refractivity contribution >= 4 is 29.1 Å². The number of ether oxygens (including phenoxy) is 2. The molecule has 1 aromatic carbocycles. The van der Waals surface area contributed by atoms with Gasteiger partial charge in [-0.15, -0.1) is 0 Å². The van der Waals surface area contributed by atoms with E-state index in [-0.39, 0.29) is 36.5 Å². The molecule has 0 aromatic heterocycles. The molecule has 28 heavy (non-hydrogen) atoms. The second kappa shape index (κ2) is 8.48. The molecule has 1 saturated carbocycles. The van der Waals surface area contributed by atoms with Crippen molar-refractivity contribution in [3.63, 3.8) is 0 Å². The quantitative estimate of drug-likeness (QED) is 0.538. The Kier molecular flexibility index (Phi) is 6.05. The minimum atomic E-state index is -3.15. The fourth-order valence-corrected chi connectivity index (χ4v) is 2.74. The third-order valence-electron chi connectivity index (χ3n) is 4.26. The first kappa shape index (κ1) is 20.0. The van der Waals surface area contributed by atoms with Gasteiger partial charge in [-0.25, -0.2) is 0 Å². The molecule has 3 rings (SSSR count). The van der Waals surface area contributed by atoms with E-state index in [0.29, 0.717) is 12.3 Å². The molecule has 1 saturated heterocycles. The first-order chi connectivity index (χ1) is 13.3. The molecule has 1 aliphatic carbocycles. The molecule has 4 N–H and O–H groups in total. The van der Waals surface area contributed by atoms with E-state index in [4.69, 9.17) is 10.5 Å². The first-order valence-electron chi connectivity index (χ1n) is 8.68. The number of hydrogen-bond acceptors (Lipinski definition) is 6. The van der Waals surface area contributed by atoms with Gasteiger partial charge in [0.05, 0.1) is 12.3 Å². The number of benzene rings is 1. The van der Waals surface area contributed by atoms with Crippen molar-refractivity contribution in [2.45, 2.75) is 31.5 Å². The Morgan fingerprint density at radius 1 is 1.32 bits per heavy atom. The van der Waals surface area contributed by atoms with Gasteiger partial charge in [0.1, 0.15) is 6.61 Å². The Bertz CT molecular complexity index is 772. The summed E-state index contributed by atoms with van der Waals surface area (Å²) in [5.74, 6) is -2.33. The zero-order chi connectivity index (χ0) is 20.3. The summed E-state index contributed by atoms with van der Waals surface area (Å²) in [7, 11) is 0. The van der Waals surface area contributed by atoms with Crippen LogP contribution in [0.3, 0.4) is 0 Å². The number of morpholine rings is 1. The van der Waals surface area contributed by atoms with E-state index in [1.165, 1.54) is 23.1 Å². The average molecular weight is 398 g/mol. The zero-order valence-electron chi connectivity index (χ0n) is 14.8. The van der Waals surface area contributed by atoms with Crippen molar-refractivity contribution in [3.8, 4) is 5.75 Å². The van der Waals surface area contributed by atoms with Crippen molar-refractivity contribution in [2.75, 3.05) is 30.0 Å². The van der Waals surface area contributed by atoms with Gasteiger partial charge in [0.25, 0.3) is 11.8 Å². The van der Waals surface area contributed by atoms with Gasteiger partial charge >= 0.3 is 6.61 Å². The van der Waals surface area contributed by atoms with Gasteiger partial charge in [0, 0.05) is 24.3 Å². The summed E-state index contributed by atoms with van der Waals surface area (Å²) >= 11 is 0. The molecule has 0 bridgehead atoms. The number of alkyl halides is 2. The number of amides is 3. The molecule has 2 aliphatic rings. The SMILES string of the molecule is NC(=O)[C@H](NC1CC1)C(=O)Nc1ccc(N2CCOCC2=O)cc1OC(F)F. The van der Waals surface area contributed by atoms with Crippen LogP contribution in [0.25, 0.3) is 0 Å². The van der Waals surface area contributed by atoms with E-state index in [1.807, 2.05) is 0 Å². The molecular weight excluding hydrogens is 378 g/mol. The van der Waals surface area contributed by atoms with Crippen LogP contribution >= 0.6 is 0 Å². The van der Waals surface area contributed by atoms with Crippen LogP contribution < -0.4 is 26.0 Å². The molecule has 1 heterocycles. The number of carbonyl (C=O) groups is 3. The number of nitrogens with zero attached hydrogens (tertiary/aromatic N) is 1. The smallest absolute Gasteiger partial charge is 0.387 e. The van der Waals surface area contributed by atoms with Crippen molar-refractivity contribution < 1.29 is 32.6 Å². The van der Waals surface area contributed by atoms with Crippen molar-refractivity contribution in [1.82, 2.24) is 5.32 Å². The first-order valence-corrected chi connectivity index (χ1v) is 8.68. The summed E-state index contributed by atoms with van der Waals surface area (Å²) < 4.78 is 35.2. The maximum Gasteiger partial charge on any atom is 0.387 e. The van der Waals surface area contributed by atoms with E-state index in [1.54, 1.807) is 0 Å². The van der Waals surface area contributed by atoms with Crippen molar-refractivity contribution in [1.29, 1.82) is 0 Å². The minimum absolute atomic E-state index is 0.0229. The highest BCUT2D eigenvalue weighted by molar-refractivity contribution is 6.10. The number of primary amides is 1. The largest absolute Gasteiger partial charge is 0.433 e. The molecule has 3 amide bonds. The fourth-order valence-electron chi connectivity index (χ4n) is 2.74. The van der Waals surface area contributed by atoms with E-state index in [0.717, 1.165) is 12.8 Å². The summed E-state index contributed by atoms with van der Waals surface area (Å²) in [5, 5.41) is 5.18. The molecule has 1 aromatic rings.